The summed E-state index contributed by atoms with van der Waals surface area (Å²) >= 11 is 17.9. The number of ether oxygens (including phenoxy) is 1. The predicted molar refractivity (Wildman–Crippen MR) is 60.6 cm³/mol. The molecule has 0 bridgehead atoms. The Hall–Kier alpha value is -0.350. The number of hydrogen-bond donors (Lipinski definition) is 2. The quantitative estimate of drug-likeness (QED) is 0.484. The van der Waals surface area contributed by atoms with Crippen molar-refractivity contribution in [2.75, 3.05) is 12.5 Å². The van der Waals surface area contributed by atoms with Gasteiger partial charge in [-0.1, -0.05) is 34.8 Å². The van der Waals surface area contributed by atoms with E-state index in [9.17, 15) is 0 Å². The highest BCUT2D eigenvalue weighted by Crippen LogP contribution is 2.45. The van der Waals surface area contributed by atoms with Crippen LogP contribution >= 0.6 is 34.8 Å². The third-order valence-electron chi connectivity index (χ3n) is 1.85. The minimum absolute atomic E-state index is 0.295. The van der Waals surface area contributed by atoms with Gasteiger partial charge in [0, 0.05) is 0 Å². The topological polar surface area (TPSA) is 47.3 Å². The van der Waals surface area contributed by atoms with Crippen LogP contribution in [0.4, 0.5) is 5.69 Å². The van der Waals surface area contributed by atoms with Crippen molar-refractivity contribution >= 4 is 40.5 Å². The van der Waals surface area contributed by atoms with Gasteiger partial charge in [-0.3, -0.25) is 5.84 Å². The maximum absolute atomic E-state index is 5.99. The van der Waals surface area contributed by atoms with Crippen LogP contribution in [0.3, 0.4) is 0 Å². The molecule has 14 heavy (non-hydrogen) atoms. The maximum Gasteiger partial charge on any atom is 0.164 e. The van der Waals surface area contributed by atoms with E-state index in [1.807, 2.05) is 0 Å². The molecule has 0 radical (unpaired) electrons. The summed E-state index contributed by atoms with van der Waals surface area (Å²) < 4.78 is 5.04. The Balaban J connectivity index is 3.57. The number of hydrazine groups is 1. The first-order valence-electron chi connectivity index (χ1n) is 3.72. The fourth-order valence-corrected chi connectivity index (χ4v) is 1.86. The summed E-state index contributed by atoms with van der Waals surface area (Å²) in [6, 6.07) is 0. The number of hydrogen-bond acceptors (Lipinski definition) is 3. The number of rotatable bonds is 2. The van der Waals surface area contributed by atoms with Crippen LogP contribution in [-0.2, 0) is 0 Å². The molecule has 1 rings (SSSR count). The number of halogens is 3. The predicted octanol–water partition coefficient (Wildman–Crippen LogP) is 3.25. The Bertz CT molecular complexity index is 333. The van der Waals surface area contributed by atoms with Crippen molar-refractivity contribution in [1.82, 2.24) is 0 Å². The van der Waals surface area contributed by atoms with Crippen molar-refractivity contribution in [2.45, 2.75) is 6.92 Å². The summed E-state index contributed by atoms with van der Waals surface area (Å²) in [5.74, 6) is 5.64. The Morgan fingerprint density at radius 1 is 1.14 bits per heavy atom. The van der Waals surface area contributed by atoms with Gasteiger partial charge in [-0.05, 0) is 12.5 Å². The minimum Gasteiger partial charge on any atom is -0.493 e. The van der Waals surface area contributed by atoms with Gasteiger partial charge in [-0.15, -0.1) is 0 Å². The van der Waals surface area contributed by atoms with E-state index in [0.717, 1.165) is 0 Å². The molecule has 0 aliphatic heterocycles. The smallest absolute Gasteiger partial charge is 0.164 e. The second-order valence-corrected chi connectivity index (χ2v) is 3.75. The second kappa shape index (κ2) is 4.45. The largest absolute Gasteiger partial charge is 0.493 e. The van der Waals surface area contributed by atoms with Crippen LogP contribution in [0.5, 0.6) is 5.75 Å². The van der Waals surface area contributed by atoms with Crippen molar-refractivity contribution in [3.05, 3.63) is 20.6 Å². The molecule has 0 aliphatic rings. The van der Waals surface area contributed by atoms with Crippen LogP contribution in [0, 0.1) is 6.92 Å². The van der Waals surface area contributed by atoms with Crippen LogP contribution in [0.15, 0.2) is 0 Å². The van der Waals surface area contributed by atoms with E-state index in [1.54, 1.807) is 6.92 Å². The Morgan fingerprint density at radius 3 is 2.14 bits per heavy atom. The molecule has 0 unspecified atom stereocenters. The van der Waals surface area contributed by atoms with Gasteiger partial charge in [0.15, 0.2) is 5.75 Å². The summed E-state index contributed by atoms with van der Waals surface area (Å²) in [5.41, 5.74) is 3.51. The highest BCUT2D eigenvalue weighted by atomic mass is 35.5. The first-order chi connectivity index (χ1) is 6.54. The second-order valence-electron chi connectivity index (χ2n) is 2.62. The van der Waals surface area contributed by atoms with Crippen molar-refractivity contribution in [1.29, 1.82) is 0 Å². The lowest BCUT2D eigenvalue weighted by Gasteiger charge is -2.15. The monoisotopic (exact) mass is 254 g/mol. The van der Waals surface area contributed by atoms with Crippen LogP contribution in [0.2, 0.25) is 15.1 Å². The standard InChI is InChI=1S/C8H9Cl3N2O/c1-3-4(9)6(11)8(14-2)7(13-12)5(3)10/h13H,12H2,1-2H3. The zero-order valence-electron chi connectivity index (χ0n) is 7.62. The van der Waals surface area contributed by atoms with Gasteiger partial charge in [0.05, 0.1) is 17.2 Å². The van der Waals surface area contributed by atoms with E-state index in [0.29, 0.717) is 32.1 Å². The molecule has 78 valence electrons. The average Bonchev–Trinajstić information content (AvgIpc) is 2.20. The van der Waals surface area contributed by atoms with Crippen LogP contribution < -0.4 is 16.0 Å². The number of benzene rings is 1. The lowest BCUT2D eigenvalue weighted by Crippen LogP contribution is -2.09. The number of nitrogens with one attached hydrogen (secondary N) is 1. The van der Waals surface area contributed by atoms with Crippen molar-refractivity contribution in [3.63, 3.8) is 0 Å². The molecule has 0 aromatic heterocycles. The van der Waals surface area contributed by atoms with Crippen LogP contribution in [-0.4, -0.2) is 7.11 Å². The molecule has 0 aliphatic carbocycles. The van der Waals surface area contributed by atoms with Gasteiger partial charge in [-0.25, -0.2) is 0 Å². The fraction of sp³-hybridized carbons (Fsp3) is 0.250. The van der Waals surface area contributed by atoms with Gasteiger partial charge in [0.25, 0.3) is 0 Å². The Morgan fingerprint density at radius 2 is 1.71 bits per heavy atom. The van der Waals surface area contributed by atoms with Crippen LogP contribution in [0.1, 0.15) is 5.56 Å². The first-order valence-corrected chi connectivity index (χ1v) is 4.85. The first kappa shape index (κ1) is 11.7. The molecule has 0 fully saturated rings. The normalized spacial score (nSPS) is 10.1. The zero-order valence-corrected chi connectivity index (χ0v) is 9.89. The summed E-state index contributed by atoms with van der Waals surface area (Å²) in [7, 11) is 1.46. The number of nitrogen functional groups attached to an aromatic ring is 1. The molecule has 1 aromatic rings. The molecule has 0 saturated carbocycles. The van der Waals surface area contributed by atoms with Gasteiger partial charge in [0.1, 0.15) is 10.7 Å². The van der Waals surface area contributed by atoms with Gasteiger partial charge < -0.3 is 10.2 Å². The molecule has 3 nitrogen and oxygen atoms in total. The summed E-state index contributed by atoms with van der Waals surface area (Å²) in [5, 5.41) is 1.07. The number of methoxy groups -OCH3 is 1. The molecule has 0 amide bonds. The van der Waals surface area contributed by atoms with Gasteiger partial charge >= 0.3 is 0 Å². The SMILES string of the molecule is COc1c(Cl)c(Cl)c(C)c(Cl)c1NN. The average molecular weight is 256 g/mol. The van der Waals surface area contributed by atoms with Crippen molar-refractivity contribution < 1.29 is 4.74 Å². The Labute approximate surface area is 97.0 Å². The molecular weight excluding hydrogens is 246 g/mol. The molecule has 0 heterocycles. The molecule has 6 heteroatoms. The molecule has 0 spiro atoms. The molecule has 3 N–H and O–H groups in total. The van der Waals surface area contributed by atoms with Crippen molar-refractivity contribution in [2.24, 2.45) is 5.84 Å². The molecule has 0 atom stereocenters. The maximum atomic E-state index is 5.99. The third kappa shape index (κ3) is 1.73. The third-order valence-corrected chi connectivity index (χ3v) is 3.25. The van der Waals surface area contributed by atoms with Crippen LogP contribution in [0.25, 0.3) is 0 Å². The summed E-state index contributed by atoms with van der Waals surface area (Å²) in [4.78, 5) is 0. The molecule has 0 saturated heterocycles. The zero-order chi connectivity index (χ0) is 10.9. The lowest BCUT2D eigenvalue weighted by atomic mass is 10.2. The van der Waals surface area contributed by atoms with E-state index >= 15 is 0 Å². The highest BCUT2D eigenvalue weighted by molar-refractivity contribution is 6.46. The lowest BCUT2D eigenvalue weighted by molar-refractivity contribution is 0.416. The molecular formula is C8H9Cl3N2O. The summed E-state index contributed by atoms with van der Waals surface area (Å²) in [6.45, 7) is 1.75. The van der Waals surface area contributed by atoms with E-state index in [4.69, 9.17) is 45.4 Å². The fourth-order valence-electron chi connectivity index (χ4n) is 1.08. The van der Waals surface area contributed by atoms with Gasteiger partial charge in [0.2, 0.25) is 0 Å². The van der Waals surface area contributed by atoms with E-state index < -0.39 is 0 Å². The number of anilines is 1. The Kier molecular flexibility index (Phi) is 3.72. The molecule has 1 aromatic carbocycles. The van der Waals surface area contributed by atoms with E-state index in [-0.39, 0.29) is 0 Å². The van der Waals surface area contributed by atoms with E-state index in [1.165, 1.54) is 7.11 Å². The number of nitrogens with two attached hydrogens (primary N) is 1. The highest BCUT2D eigenvalue weighted by Gasteiger charge is 2.18. The summed E-state index contributed by atoms with van der Waals surface area (Å²) in [6.07, 6.45) is 0. The van der Waals surface area contributed by atoms with Crippen molar-refractivity contribution in [3.8, 4) is 5.75 Å². The minimum atomic E-state index is 0.295. The van der Waals surface area contributed by atoms with Gasteiger partial charge in [-0.2, -0.15) is 0 Å². The van der Waals surface area contributed by atoms with E-state index in [2.05, 4.69) is 5.43 Å².